The van der Waals surface area contributed by atoms with E-state index in [1.54, 1.807) is 0 Å². The molecule has 1 fully saturated rings. The van der Waals surface area contributed by atoms with Crippen molar-refractivity contribution in [3.8, 4) is 0 Å². The van der Waals surface area contributed by atoms with Gasteiger partial charge in [-0.15, -0.1) is 6.58 Å². The smallest absolute Gasteiger partial charge is 0.545 e. The van der Waals surface area contributed by atoms with E-state index < -0.39 is 0 Å². The van der Waals surface area contributed by atoms with E-state index >= 15 is 0 Å². The molecule has 1 radical (unpaired) electrons. The van der Waals surface area contributed by atoms with Crippen molar-refractivity contribution in [2.45, 2.75) is 52.0 Å². The van der Waals surface area contributed by atoms with Crippen LogP contribution in [0.1, 0.15) is 46.0 Å². The molecule has 97 valence electrons. The summed E-state index contributed by atoms with van der Waals surface area (Å²) in [7, 11) is 0. The van der Waals surface area contributed by atoms with Gasteiger partial charge >= 0.3 is 19.5 Å². The van der Waals surface area contributed by atoms with E-state index in [2.05, 4.69) is 25.0 Å². The van der Waals surface area contributed by atoms with E-state index in [0.717, 1.165) is 12.8 Å². The minimum Gasteiger partial charge on any atom is -0.545 e. The Kier molecular flexibility index (Phi) is 36.1. The largest absolute Gasteiger partial charge is 3.00 e. The van der Waals surface area contributed by atoms with Crippen LogP contribution in [0.2, 0.25) is 0 Å². The second-order valence-electron chi connectivity index (χ2n) is 3.63. The fourth-order valence-electron chi connectivity index (χ4n) is 1.21. The van der Waals surface area contributed by atoms with E-state index in [1.807, 2.05) is 13.8 Å². The second-order valence-corrected chi connectivity index (χ2v) is 3.63. The molecule has 0 aromatic rings. The molecule has 0 aromatic carbocycles. The van der Waals surface area contributed by atoms with Gasteiger partial charge in [-0.1, -0.05) is 12.0 Å². The summed E-state index contributed by atoms with van der Waals surface area (Å²) >= 11 is 0. The molecule has 1 aliphatic rings. The first-order chi connectivity index (χ1) is 7.66. The topological polar surface area (TPSA) is 38.5 Å². The Balaban J connectivity index is -0.0000000814. The van der Waals surface area contributed by atoms with Gasteiger partial charge in [0.2, 0.25) is 6.04 Å². The number of hydrogen-bond acceptors (Lipinski definition) is 2. The fraction of sp³-hybridized carbons (Fsp3) is 0.615. The molecule has 0 atom stereocenters. The minimum atomic E-state index is 0. The van der Waals surface area contributed by atoms with Crippen LogP contribution in [0.25, 0.3) is 4.85 Å². The first-order valence-corrected chi connectivity index (χ1v) is 5.12. The summed E-state index contributed by atoms with van der Waals surface area (Å²) in [5.41, 5.74) is 1.17. The number of allylic oxidation sites excluding steroid dienone is 1. The van der Waals surface area contributed by atoms with Gasteiger partial charge in [0.1, 0.15) is 0 Å². The van der Waals surface area contributed by atoms with Gasteiger partial charge in [-0.05, 0) is 26.7 Å². The Hall–Kier alpha value is -0.807. The summed E-state index contributed by atoms with van der Waals surface area (Å²) in [5.74, 6) is 0. The third-order valence-corrected chi connectivity index (χ3v) is 1.76. The van der Waals surface area contributed by atoms with Crippen molar-refractivity contribution < 1.29 is 29.1 Å². The van der Waals surface area contributed by atoms with Gasteiger partial charge in [0.15, 0.2) is 0 Å². The van der Waals surface area contributed by atoms with E-state index in [1.165, 1.54) is 24.8 Å². The van der Waals surface area contributed by atoms with Crippen molar-refractivity contribution in [2.24, 2.45) is 0 Å². The standard InChI is InChI=1S/C7H11N.C4H8.2CHO.Ru/c1-8-7-5-3-2-4-6-7;1-4(2)3;2*1-2;/h7H,2-6H2;1H2,2-3H3;2*1H;/q;;2*-1;+3. The maximum Gasteiger partial charge on any atom is 3.00 e. The Morgan fingerprint density at radius 1 is 1.12 bits per heavy atom. The summed E-state index contributed by atoms with van der Waals surface area (Å²) in [6.07, 6.45) is 6.24. The molecule has 0 aliphatic heterocycles. The fourth-order valence-corrected chi connectivity index (χ4v) is 1.21. The quantitative estimate of drug-likeness (QED) is 0.297. The van der Waals surface area contributed by atoms with Gasteiger partial charge in [-0.3, -0.25) is 13.6 Å². The third kappa shape index (κ3) is 31.3. The summed E-state index contributed by atoms with van der Waals surface area (Å²) in [6.45, 7) is 20.7. The Labute approximate surface area is 118 Å². The van der Waals surface area contributed by atoms with Crippen LogP contribution in [-0.4, -0.2) is 19.6 Å². The average Bonchev–Trinajstić information content (AvgIpc) is 2.34. The summed E-state index contributed by atoms with van der Waals surface area (Å²) in [5, 5.41) is 0. The molecule has 1 saturated carbocycles. The van der Waals surface area contributed by atoms with Gasteiger partial charge < -0.3 is 14.4 Å². The van der Waals surface area contributed by atoms with Crippen molar-refractivity contribution in [3.63, 3.8) is 0 Å². The van der Waals surface area contributed by atoms with Gasteiger partial charge in [-0.25, -0.2) is 6.57 Å². The van der Waals surface area contributed by atoms with E-state index in [0.29, 0.717) is 6.04 Å². The normalized spacial score (nSPS) is 12.5. The molecular weight excluding hydrogens is 303 g/mol. The Morgan fingerprint density at radius 3 is 1.59 bits per heavy atom. The Morgan fingerprint density at radius 2 is 1.41 bits per heavy atom. The molecule has 3 nitrogen and oxygen atoms in total. The summed E-state index contributed by atoms with van der Waals surface area (Å²) in [6, 6.07) is 0.378. The molecule has 0 saturated heterocycles. The van der Waals surface area contributed by atoms with Gasteiger partial charge in [0, 0.05) is 12.8 Å². The number of hydrogen-bond donors (Lipinski definition) is 0. The molecule has 0 N–H and O–H groups in total. The van der Waals surface area contributed by atoms with Crippen LogP contribution >= 0.6 is 0 Å². The molecule has 1 rings (SSSR count). The molecule has 4 heteroatoms. The molecule has 0 aromatic heterocycles. The van der Waals surface area contributed by atoms with Crippen molar-refractivity contribution in [1.82, 2.24) is 0 Å². The zero-order chi connectivity index (χ0) is 13.4. The van der Waals surface area contributed by atoms with Gasteiger partial charge in [-0.2, -0.15) is 0 Å². The first-order valence-electron chi connectivity index (χ1n) is 5.12. The molecule has 0 heterocycles. The molecule has 0 spiro atoms. The number of nitrogens with zero attached hydrogens (tertiary/aromatic N) is 1. The van der Waals surface area contributed by atoms with Gasteiger partial charge in [0.05, 0.1) is 0 Å². The maximum absolute atomic E-state index is 7.75. The molecule has 1 aliphatic carbocycles. The summed E-state index contributed by atoms with van der Waals surface area (Å²) in [4.78, 5) is 19.0. The Bertz CT molecular complexity index is 190. The number of rotatable bonds is 0. The van der Waals surface area contributed by atoms with Crippen LogP contribution in [0.4, 0.5) is 0 Å². The number of carbonyl (C=O) groups excluding carboxylic acids is 2. The van der Waals surface area contributed by atoms with Crippen LogP contribution < -0.4 is 0 Å². The van der Waals surface area contributed by atoms with E-state index in [4.69, 9.17) is 16.2 Å². The monoisotopic (exact) mass is 325 g/mol. The van der Waals surface area contributed by atoms with E-state index in [9.17, 15) is 0 Å². The van der Waals surface area contributed by atoms with Crippen LogP contribution in [0.15, 0.2) is 12.2 Å². The molecule has 0 bridgehead atoms. The zero-order valence-corrected chi connectivity index (χ0v) is 12.3. The molecule has 17 heavy (non-hydrogen) atoms. The maximum atomic E-state index is 7.75. The van der Waals surface area contributed by atoms with Crippen LogP contribution in [0.5, 0.6) is 0 Å². The van der Waals surface area contributed by atoms with E-state index in [-0.39, 0.29) is 19.5 Å². The minimum absolute atomic E-state index is 0. The predicted molar refractivity (Wildman–Crippen MR) is 67.5 cm³/mol. The second kappa shape index (κ2) is 24.4. The SMILES string of the molecule is C=C(C)C.[C-]#[N+]C1CCCCC1.[CH-]=O.[CH-]=O.[Ru+3]. The third-order valence-electron chi connectivity index (χ3n) is 1.76. The van der Waals surface area contributed by atoms with Crippen molar-refractivity contribution in [2.75, 3.05) is 0 Å². The first kappa shape index (κ1) is 25.1. The molecule has 0 amide bonds. The summed E-state index contributed by atoms with van der Waals surface area (Å²) < 4.78 is 0. The van der Waals surface area contributed by atoms with Crippen molar-refractivity contribution in [1.29, 1.82) is 0 Å². The average molecular weight is 324 g/mol. The van der Waals surface area contributed by atoms with Crippen LogP contribution in [0, 0.1) is 6.57 Å². The molecule has 0 unspecified atom stereocenters. The van der Waals surface area contributed by atoms with Gasteiger partial charge in [0.25, 0.3) is 0 Å². The van der Waals surface area contributed by atoms with Crippen LogP contribution in [0.3, 0.4) is 0 Å². The zero-order valence-electron chi connectivity index (χ0n) is 10.6. The van der Waals surface area contributed by atoms with Crippen LogP contribution in [-0.2, 0) is 29.1 Å². The predicted octanol–water partition coefficient (Wildman–Crippen LogP) is 3.27. The van der Waals surface area contributed by atoms with Crippen molar-refractivity contribution in [3.05, 3.63) is 23.6 Å². The molecular formula is C13H21NO2Ru+. The van der Waals surface area contributed by atoms with Crippen molar-refractivity contribution >= 4 is 13.6 Å².